The van der Waals surface area contributed by atoms with Gasteiger partial charge >= 0.3 is 5.02 Å². The van der Waals surface area contributed by atoms with Crippen LogP contribution in [0.25, 0.3) is 0 Å². The lowest BCUT2D eigenvalue weighted by Gasteiger charge is -2.11. The largest absolute Gasteiger partial charge is 0.459 e. The number of rotatable bonds is 4. The maximum absolute atomic E-state index is 12.6. The Morgan fingerprint density at radius 2 is 1.45 bits per heavy atom. The van der Waals surface area contributed by atoms with Crippen molar-refractivity contribution in [1.82, 2.24) is 0 Å². The van der Waals surface area contributed by atoms with Gasteiger partial charge in [-0.25, -0.2) is 0 Å². The molecule has 2 rings (SSSR count). The molecule has 20 heavy (non-hydrogen) atoms. The molecule has 0 aromatic heterocycles. The highest BCUT2D eigenvalue weighted by atomic mass is 79.9. The van der Waals surface area contributed by atoms with Crippen LogP contribution in [0.3, 0.4) is 0 Å². The van der Waals surface area contributed by atoms with Gasteiger partial charge in [0.25, 0.3) is 0 Å². The summed E-state index contributed by atoms with van der Waals surface area (Å²) in [6.45, 7) is 0. The second-order valence-electron chi connectivity index (χ2n) is 3.91. The zero-order valence-electron chi connectivity index (χ0n) is 9.95. The molecule has 0 heterocycles. The molecule has 2 nitrogen and oxygen atoms in total. The van der Waals surface area contributed by atoms with Crippen LogP contribution >= 0.6 is 27.5 Å². The maximum atomic E-state index is 12.6. The van der Waals surface area contributed by atoms with Gasteiger partial charge in [0, 0.05) is 32.1 Å². The molecule has 0 aliphatic carbocycles. The van der Waals surface area contributed by atoms with E-state index in [-0.39, 0.29) is 11.5 Å². The maximum Gasteiger partial charge on any atom is 0.459 e. The monoisotopic (exact) mass is 360 g/mol. The molecule has 0 amide bonds. The Morgan fingerprint density at radius 1 is 1.00 bits per heavy atom. The number of alkyl halides is 3. The smallest absolute Gasteiger partial charge is 0.424 e. The van der Waals surface area contributed by atoms with Crippen molar-refractivity contribution in [2.24, 2.45) is 0 Å². The molecule has 0 aliphatic heterocycles. The minimum atomic E-state index is -3.44. The van der Waals surface area contributed by atoms with Crippen molar-refractivity contribution in [2.45, 2.75) is 5.02 Å². The summed E-state index contributed by atoms with van der Waals surface area (Å²) in [5.41, 5.74) is 0.839. The molecular formula is C14H8BrClF2O2. The molecule has 0 saturated heterocycles. The van der Waals surface area contributed by atoms with Crippen molar-refractivity contribution < 1.29 is 18.3 Å². The van der Waals surface area contributed by atoms with Gasteiger partial charge in [0.2, 0.25) is 0 Å². The summed E-state index contributed by atoms with van der Waals surface area (Å²) in [7, 11) is 0. The number of hydrogen-bond acceptors (Lipinski definition) is 2. The number of hydrogen-bond donors (Lipinski definition) is 0. The van der Waals surface area contributed by atoms with Crippen LogP contribution in [0, 0.1) is 0 Å². The standard InChI is InChI=1S/C14H8BrClF2O2/c15-14(17,18)20-12-7-3-10(4-8-12)13(19)9-1-5-11(16)6-2-9/h1-8H. The van der Waals surface area contributed by atoms with Crippen LogP contribution in [0.1, 0.15) is 15.9 Å². The van der Waals surface area contributed by atoms with E-state index in [1.165, 1.54) is 24.3 Å². The van der Waals surface area contributed by atoms with Crippen LogP contribution in [0.2, 0.25) is 5.02 Å². The predicted molar refractivity (Wildman–Crippen MR) is 75.8 cm³/mol. The highest BCUT2D eigenvalue weighted by molar-refractivity contribution is 9.09. The minimum absolute atomic E-state index is 0.0421. The van der Waals surface area contributed by atoms with E-state index in [0.717, 1.165) is 0 Å². The third kappa shape index (κ3) is 4.02. The zero-order valence-corrected chi connectivity index (χ0v) is 12.3. The zero-order chi connectivity index (χ0) is 14.8. The van der Waals surface area contributed by atoms with E-state index < -0.39 is 5.02 Å². The first-order chi connectivity index (χ1) is 9.35. The molecule has 0 aliphatic rings. The molecular weight excluding hydrogens is 354 g/mol. The van der Waals surface area contributed by atoms with Crippen LogP contribution in [-0.2, 0) is 0 Å². The fraction of sp³-hybridized carbons (Fsp3) is 0.0714. The molecule has 0 atom stereocenters. The summed E-state index contributed by atoms with van der Waals surface area (Å²) in [6.07, 6.45) is 0. The van der Waals surface area contributed by atoms with Gasteiger partial charge < -0.3 is 4.74 Å². The first-order valence-electron chi connectivity index (χ1n) is 5.51. The topological polar surface area (TPSA) is 26.3 Å². The number of carbonyl (C=O) groups is 1. The quantitative estimate of drug-likeness (QED) is 0.572. The summed E-state index contributed by atoms with van der Waals surface area (Å²) in [5, 5.41) is -2.90. The van der Waals surface area contributed by atoms with Crippen molar-refractivity contribution in [3.63, 3.8) is 0 Å². The lowest BCUT2D eigenvalue weighted by Crippen LogP contribution is -2.14. The molecule has 0 N–H and O–H groups in total. The van der Waals surface area contributed by atoms with Crippen molar-refractivity contribution >= 4 is 33.3 Å². The Balaban J connectivity index is 2.17. The van der Waals surface area contributed by atoms with Gasteiger partial charge in [0.05, 0.1) is 0 Å². The Kier molecular flexibility index (Phi) is 4.40. The van der Waals surface area contributed by atoms with Crippen LogP contribution in [-0.4, -0.2) is 10.8 Å². The Labute approximate surface area is 127 Å². The molecule has 0 bridgehead atoms. The average Bonchev–Trinajstić information content (AvgIpc) is 2.38. The van der Waals surface area contributed by atoms with E-state index in [1.807, 2.05) is 0 Å². The molecule has 2 aromatic rings. The summed E-state index contributed by atoms with van der Waals surface area (Å²) in [6, 6.07) is 11.9. The fourth-order valence-electron chi connectivity index (χ4n) is 1.58. The van der Waals surface area contributed by atoms with Gasteiger partial charge in [-0.05, 0) is 48.5 Å². The predicted octanol–water partition coefficient (Wildman–Crippen LogP) is 4.90. The molecule has 2 aromatic carbocycles. The number of halogens is 4. The van der Waals surface area contributed by atoms with Crippen LogP contribution in [0.15, 0.2) is 48.5 Å². The summed E-state index contributed by atoms with van der Waals surface area (Å²) >= 11 is 7.81. The SMILES string of the molecule is O=C(c1ccc(Cl)cc1)c1ccc(OC(F)(F)Br)cc1. The average molecular weight is 362 g/mol. The first-order valence-corrected chi connectivity index (χ1v) is 6.68. The van der Waals surface area contributed by atoms with Gasteiger partial charge in [0.15, 0.2) is 5.78 Å². The number of carbonyl (C=O) groups excluding carboxylic acids is 1. The van der Waals surface area contributed by atoms with E-state index >= 15 is 0 Å². The van der Waals surface area contributed by atoms with Gasteiger partial charge in [-0.15, -0.1) is 0 Å². The lowest BCUT2D eigenvalue weighted by molar-refractivity contribution is -0.0802. The van der Waals surface area contributed by atoms with E-state index in [1.54, 1.807) is 24.3 Å². The lowest BCUT2D eigenvalue weighted by atomic mass is 10.0. The Hall–Kier alpha value is -1.46. The normalized spacial score (nSPS) is 11.2. The Morgan fingerprint density at radius 3 is 1.90 bits per heavy atom. The third-order valence-electron chi connectivity index (χ3n) is 2.46. The highest BCUT2D eigenvalue weighted by Gasteiger charge is 2.26. The van der Waals surface area contributed by atoms with Crippen molar-refractivity contribution in [1.29, 1.82) is 0 Å². The first kappa shape index (κ1) is 14.9. The van der Waals surface area contributed by atoms with Crippen LogP contribution in [0.4, 0.5) is 8.78 Å². The van der Waals surface area contributed by atoms with E-state index in [4.69, 9.17) is 11.6 Å². The molecule has 0 spiro atoms. The second-order valence-corrected chi connectivity index (χ2v) is 5.27. The van der Waals surface area contributed by atoms with E-state index in [9.17, 15) is 13.6 Å². The van der Waals surface area contributed by atoms with E-state index in [0.29, 0.717) is 16.1 Å². The fourth-order valence-corrected chi connectivity index (χ4v) is 1.89. The summed E-state index contributed by atoms with van der Waals surface area (Å²) in [4.78, 5) is 12.1. The molecule has 0 fully saturated rings. The highest BCUT2D eigenvalue weighted by Crippen LogP contribution is 2.27. The summed E-state index contributed by atoms with van der Waals surface area (Å²) in [5.74, 6) is -0.265. The minimum Gasteiger partial charge on any atom is -0.424 e. The van der Waals surface area contributed by atoms with Gasteiger partial charge in [0.1, 0.15) is 5.75 Å². The van der Waals surface area contributed by atoms with Crippen molar-refractivity contribution in [3.8, 4) is 5.75 Å². The molecule has 0 saturated carbocycles. The van der Waals surface area contributed by atoms with Crippen molar-refractivity contribution in [3.05, 3.63) is 64.7 Å². The van der Waals surface area contributed by atoms with Gasteiger partial charge in [-0.3, -0.25) is 4.79 Å². The second kappa shape index (κ2) is 5.89. The molecule has 0 unspecified atom stereocenters. The van der Waals surface area contributed by atoms with Crippen LogP contribution < -0.4 is 4.74 Å². The third-order valence-corrected chi connectivity index (χ3v) is 2.87. The number of ketones is 1. The van der Waals surface area contributed by atoms with Gasteiger partial charge in [-0.2, -0.15) is 8.78 Å². The molecule has 6 heteroatoms. The molecule has 0 radical (unpaired) electrons. The summed E-state index contributed by atoms with van der Waals surface area (Å²) < 4.78 is 29.5. The molecule has 104 valence electrons. The van der Waals surface area contributed by atoms with Crippen LogP contribution in [0.5, 0.6) is 5.75 Å². The van der Waals surface area contributed by atoms with E-state index in [2.05, 4.69) is 20.7 Å². The number of benzene rings is 2. The Bertz CT molecular complexity index is 607. The van der Waals surface area contributed by atoms with Gasteiger partial charge in [-0.1, -0.05) is 11.6 Å². The van der Waals surface area contributed by atoms with Crippen molar-refractivity contribution in [2.75, 3.05) is 0 Å². The number of ether oxygens (including phenoxy) is 1.